The molecule has 4 unspecified atom stereocenters. The Kier molecular flexibility index (Phi) is 4.62. The predicted octanol–water partition coefficient (Wildman–Crippen LogP) is 1.67. The highest BCUT2D eigenvalue weighted by Crippen LogP contribution is 2.22. The molecule has 0 aromatic heterocycles. The molecule has 4 atom stereocenters. The van der Waals surface area contributed by atoms with Crippen LogP contribution in [0.2, 0.25) is 0 Å². The molecule has 2 rings (SSSR count). The monoisotopic (exact) mass is 226 g/mol. The van der Waals surface area contributed by atoms with Crippen molar-refractivity contribution in [1.82, 2.24) is 10.6 Å². The molecule has 2 fully saturated rings. The van der Waals surface area contributed by atoms with Gasteiger partial charge < -0.3 is 15.4 Å². The van der Waals surface area contributed by atoms with Crippen molar-refractivity contribution in [3.05, 3.63) is 0 Å². The van der Waals surface area contributed by atoms with Gasteiger partial charge in [-0.25, -0.2) is 0 Å². The fourth-order valence-electron chi connectivity index (χ4n) is 3.22. The van der Waals surface area contributed by atoms with Crippen molar-refractivity contribution < 1.29 is 4.74 Å². The molecule has 3 nitrogen and oxygen atoms in total. The van der Waals surface area contributed by atoms with Gasteiger partial charge in [-0.3, -0.25) is 0 Å². The number of nitrogens with one attached hydrogen (secondary N) is 2. The van der Waals surface area contributed by atoms with Crippen molar-refractivity contribution in [2.45, 2.75) is 69.7 Å². The fourth-order valence-corrected chi connectivity index (χ4v) is 3.22. The minimum absolute atomic E-state index is 0.444. The van der Waals surface area contributed by atoms with E-state index >= 15 is 0 Å². The van der Waals surface area contributed by atoms with Crippen molar-refractivity contribution in [2.75, 3.05) is 13.7 Å². The van der Waals surface area contributed by atoms with Crippen LogP contribution in [-0.4, -0.2) is 37.9 Å². The van der Waals surface area contributed by atoms with Gasteiger partial charge in [-0.2, -0.15) is 0 Å². The summed E-state index contributed by atoms with van der Waals surface area (Å²) in [4.78, 5) is 0. The van der Waals surface area contributed by atoms with E-state index in [0.29, 0.717) is 18.2 Å². The van der Waals surface area contributed by atoms with E-state index in [9.17, 15) is 0 Å². The zero-order chi connectivity index (χ0) is 11.4. The van der Waals surface area contributed by atoms with E-state index in [2.05, 4.69) is 17.6 Å². The predicted molar refractivity (Wildman–Crippen MR) is 66.7 cm³/mol. The third kappa shape index (κ3) is 3.19. The normalized spacial score (nSPS) is 36.8. The SMILES string of the molecule is COC1CCCC1NC(C)CC1CCCN1. The van der Waals surface area contributed by atoms with Gasteiger partial charge in [-0.1, -0.05) is 0 Å². The zero-order valence-corrected chi connectivity index (χ0v) is 10.7. The zero-order valence-electron chi connectivity index (χ0n) is 10.7. The molecule has 1 saturated carbocycles. The standard InChI is InChI=1S/C13H26N2O/c1-10(9-11-5-4-8-14-11)15-12-6-3-7-13(12)16-2/h10-15H,3-9H2,1-2H3. The van der Waals surface area contributed by atoms with Crippen LogP contribution >= 0.6 is 0 Å². The van der Waals surface area contributed by atoms with Crippen LogP contribution in [0.3, 0.4) is 0 Å². The highest BCUT2D eigenvalue weighted by molar-refractivity contribution is 4.87. The quantitative estimate of drug-likeness (QED) is 0.748. The maximum Gasteiger partial charge on any atom is 0.0724 e. The lowest BCUT2D eigenvalue weighted by Gasteiger charge is -2.25. The van der Waals surface area contributed by atoms with Gasteiger partial charge in [0.25, 0.3) is 0 Å². The molecule has 1 saturated heterocycles. The first-order valence-corrected chi connectivity index (χ1v) is 6.82. The summed E-state index contributed by atoms with van der Waals surface area (Å²) in [6.45, 7) is 3.52. The molecule has 3 heteroatoms. The van der Waals surface area contributed by atoms with Crippen molar-refractivity contribution in [3.63, 3.8) is 0 Å². The van der Waals surface area contributed by atoms with Crippen LogP contribution in [0.4, 0.5) is 0 Å². The van der Waals surface area contributed by atoms with E-state index in [1.165, 1.54) is 45.1 Å². The summed E-state index contributed by atoms with van der Waals surface area (Å²) in [5.74, 6) is 0. The van der Waals surface area contributed by atoms with E-state index in [0.717, 1.165) is 6.04 Å². The second kappa shape index (κ2) is 5.99. The second-order valence-corrected chi connectivity index (χ2v) is 5.41. The molecule has 94 valence electrons. The lowest BCUT2D eigenvalue weighted by atomic mass is 10.1. The third-order valence-electron chi connectivity index (χ3n) is 4.05. The van der Waals surface area contributed by atoms with Gasteiger partial charge in [0.05, 0.1) is 6.10 Å². The maximum atomic E-state index is 5.52. The first-order valence-electron chi connectivity index (χ1n) is 6.82. The van der Waals surface area contributed by atoms with Crippen LogP contribution < -0.4 is 10.6 Å². The van der Waals surface area contributed by atoms with Gasteiger partial charge in [0.15, 0.2) is 0 Å². The number of rotatable bonds is 5. The first kappa shape index (κ1) is 12.3. The van der Waals surface area contributed by atoms with E-state index in [4.69, 9.17) is 4.74 Å². The van der Waals surface area contributed by atoms with Gasteiger partial charge in [-0.15, -0.1) is 0 Å². The van der Waals surface area contributed by atoms with E-state index in [1.807, 2.05) is 7.11 Å². The van der Waals surface area contributed by atoms with E-state index in [1.54, 1.807) is 0 Å². The number of hydrogen-bond acceptors (Lipinski definition) is 3. The topological polar surface area (TPSA) is 33.3 Å². The second-order valence-electron chi connectivity index (χ2n) is 5.41. The Bertz CT molecular complexity index is 204. The Hall–Kier alpha value is -0.120. The first-order chi connectivity index (χ1) is 7.79. The molecular formula is C13H26N2O. The maximum absolute atomic E-state index is 5.52. The van der Waals surface area contributed by atoms with Gasteiger partial charge in [0.2, 0.25) is 0 Å². The molecule has 2 aliphatic rings. The van der Waals surface area contributed by atoms with Gasteiger partial charge in [-0.05, 0) is 52.0 Å². The Labute approximate surface area is 99.3 Å². The molecule has 0 aromatic carbocycles. The van der Waals surface area contributed by atoms with Gasteiger partial charge in [0.1, 0.15) is 0 Å². The minimum atomic E-state index is 0.444. The van der Waals surface area contributed by atoms with Crippen molar-refractivity contribution >= 4 is 0 Å². The Morgan fingerprint density at radius 2 is 2.19 bits per heavy atom. The molecule has 1 heterocycles. The summed E-state index contributed by atoms with van der Waals surface area (Å²) in [5, 5.41) is 7.31. The number of ether oxygens (including phenoxy) is 1. The Morgan fingerprint density at radius 1 is 1.31 bits per heavy atom. The summed E-state index contributed by atoms with van der Waals surface area (Å²) in [6.07, 6.45) is 8.21. The summed E-state index contributed by atoms with van der Waals surface area (Å²) < 4.78 is 5.52. The average molecular weight is 226 g/mol. The van der Waals surface area contributed by atoms with Gasteiger partial charge in [0, 0.05) is 25.2 Å². The molecule has 2 N–H and O–H groups in total. The van der Waals surface area contributed by atoms with Crippen LogP contribution in [0.5, 0.6) is 0 Å². The fraction of sp³-hybridized carbons (Fsp3) is 1.00. The van der Waals surface area contributed by atoms with E-state index in [-0.39, 0.29) is 0 Å². The molecule has 0 aromatic rings. The molecule has 1 aliphatic heterocycles. The van der Waals surface area contributed by atoms with Gasteiger partial charge >= 0.3 is 0 Å². The minimum Gasteiger partial charge on any atom is -0.380 e. The lowest BCUT2D eigenvalue weighted by Crippen LogP contribution is -2.44. The Balaban J connectivity index is 1.71. The van der Waals surface area contributed by atoms with Crippen molar-refractivity contribution in [1.29, 1.82) is 0 Å². The van der Waals surface area contributed by atoms with E-state index < -0.39 is 0 Å². The van der Waals surface area contributed by atoms with Crippen LogP contribution in [-0.2, 0) is 4.74 Å². The smallest absolute Gasteiger partial charge is 0.0724 e. The van der Waals surface area contributed by atoms with Crippen LogP contribution in [0.25, 0.3) is 0 Å². The highest BCUT2D eigenvalue weighted by Gasteiger charge is 2.28. The molecule has 0 radical (unpaired) electrons. The van der Waals surface area contributed by atoms with Crippen LogP contribution in [0.15, 0.2) is 0 Å². The molecular weight excluding hydrogens is 200 g/mol. The summed E-state index contributed by atoms with van der Waals surface area (Å²) in [7, 11) is 1.84. The third-order valence-corrected chi connectivity index (χ3v) is 4.05. The van der Waals surface area contributed by atoms with Crippen LogP contribution in [0, 0.1) is 0 Å². The average Bonchev–Trinajstić information content (AvgIpc) is 2.88. The molecule has 1 aliphatic carbocycles. The van der Waals surface area contributed by atoms with Crippen molar-refractivity contribution in [2.24, 2.45) is 0 Å². The summed E-state index contributed by atoms with van der Waals surface area (Å²) >= 11 is 0. The molecule has 0 amide bonds. The Morgan fingerprint density at radius 3 is 2.88 bits per heavy atom. The van der Waals surface area contributed by atoms with Crippen LogP contribution in [0.1, 0.15) is 45.4 Å². The largest absolute Gasteiger partial charge is 0.380 e. The molecule has 0 bridgehead atoms. The number of methoxy groups -OCH3 is 1. The summed E-state index contributed by atoms with van der Waals surface area (Å²) in [5.41, 5.74) is 0. The molecule has 16 heavy (non-hydrogen) atoms. The molecule has 0 spiro atoms. The van der Waals surface area contributed by atoms with Crippen molar-refractivity contribution in [3.8, 4) is 0 Å². The number of hydrogen-bond donors (Lipinski definition) is 2. The lowest BCUT2D eigenvalue weighted by molar-refractivity contribution is 0.0812. The summed E-state index contributed by atoms with van der Waals surface area (Å²) in [6, 6.07) is 1.93. The highest BCUT2D eigenvalue weighted by atomic mass is 16.5.